The van der Waals surface area contributed by atoms with Crippen molar-refractivity contribution >= 4 is 21.6 Å². The summed E-state index contributed by atoms with van der Waals surface area (Å²) >= 11 is 5.87. The minimum atomic E-state index is -3.49. The number of ether oxygens (including phenoxy) is 1. The van der Waals surface area contributed by atoms with E-state index in [1.54, 1.807) is 18.2 Å². The van der Waals surface area contributed by atoms with E-state index in [1.807, 2.05) is 0 Å². The maximum atomic E-state index is 12.4. The molecule has 0 radical (unpaired) electrons. The number of benzene rings is 1. The molecule has 0 bridgehead atoms. The minimum absolute atomic E-state index is 0.0235. The monoisotopic (exact) mass is 315 g/mol. The van der Waals surface area contributed by atoms with E-state index in [9.17, 15) is 8.42 Å². The van der Waals surface area contributed by atoms with Gasteiger partial charge in [0.05, 0.1) is 4.90 Å². The second kappa shape index (κ2) is 5.30. The van der Waals surface area contributed by atoms with E-state index in [4.69, 9.17) is 16.3 Å². The molecule has 6 heteroatoms. The second-order valence-electron chi connectivity index (χ2n) is 5.64. The van der Waals surface area contributed by atoms with E-state index < -0.39 is 10.0 Å². The van der Waals surface area contributed by atoms with Gasteiger partial charge >= 0.3 is 0 Å². The van der Waals surface area contributed by atoms with Gasteiger partial charge in [-0.2, -0.15) is 0 Å². The Kier molecular flexibility index (Phi) is 3.79. The third-order valence-corrected chi connectivity index (χ3v) is 6.27. The molecule has 2 fully saturated rings. The van der Waals surface area contributed by atoms with Crippen molar-refractivity contribution in [2.45, 2.75) is 36.6 Å². The second-order valence-corrected chi connectivity index (χ2v) is 7.80. The predicted octanol–water partition coefficient (Wildman–Crippen LogP) is 2.58. The summed E-state index contributed by atoms with van der Waals surface area (Å²) in [4.78, 5) is 0.235. The normalized spacial score (nSPS) is 25.4. The lowest BCUT2D eigenvalue weighted by molar-refractivity contribution is -0.0483. The van der Waals surface area contributed by atoms with Crippen LogP contribution in [0.25, 0.3) is 0 Å². The van der Waals surface area contributed by atoms with E-state index in [0.717, 1.165) is 38.9 Å². The van der Waals surface area contributed by atoms with Gasteiger partial charge < -0.3 is 4.74 Å². The lowest BCUT2D eigenvalue weighted by Crippen LogP contribution is -2.57. The first-order chi connectivity index (χ1) is 9.52. The van der Waals surface area contributed by atoms with Crippen LogP contribution in [0.15, 0.2) is 29.2 Å². The highest BCUT2D eigenvalue weighted by atomic mass is 35.5. The standard InChI is InChI=1S/C14H18ClNO3S/c15-11-2-1-3-12(10-11)20(17,18)16-13-4-5-14(13)6-8-19-9-7-14/h1-3,10,13,16H,4-9H2. The van der Waals surface area contributed by atoms with Gasteiger partial charge in [-0.3, -0.25) is 0 Å². The van der Waals surface area contributed by atoms with Crippen LogP contribution in [0.5, 0.6) is 0 Å². The smallest absolute Gasteiger partial charge is 0.240 e. The van der Waals surface area contributed by atoms with Crippen molar-refractivity contribution in [3.05, 3.63) is 29.3 Å². The Morgan fingerprint density at radius 2 is 2.00 bits per heavy atom. The van der Waals surface area contributed by atoms with Gasteiger partial charge in [-0.15, -0.1) is 0 Å². The molecule has 1 aliphatic carbocycles. The largest absolute Gasteiger partial charge is 0.381 e. The number of rotatable bonds is 3. The van der Waals surface area contributed by atoms with E-state index in [0.29, 0.717) is 5.02 Å². The van der Waals surface area contributed by atoms with Crippen LogP contribution in [0.1, 0.15) is 25.7 Å². The summed E-state index contributed by atoms with van der Waals surface area (Å²) in [5.41, 5.74) is 0.101. The highest BCUT2D eigenvalue weighted by Gasteiger charge is 2.48. The number of hydrogen-bond acceptors (Lipinski definition) is 3. The Morgan fingerprint density at radius 1 is 1.25 bits per heavy atom. The van der Waals surface area contributed by atoms with Crippen molar-refractivity contribution in [2.75, 3.05) is 13.2 Å². The molecule has 0 amide bonds. The number of halogens is 1. The van der Waals surface area contributed by atoms with Crippen LogP contribution < -0.4 is 4.72 Å². The molecule has 110 valence electrons. The van der Waals surface area contributed by atoms with Crippen molar-refractivity contribution in [1.82, 2.24) is 4.72 Å². The highest BCUT2D eigenvalue weighted by Crippen LogP contribution is 2.49. The van der Waals surface area contributed by atoms with E-state index in [1.165, 1.54) is 6.07 Å². The van der Waals surface area contributed by atoms with E-state index in [-0.39, 0.29) is 16.4 Å². The zero-order valence-corrected chi connectivity index (χ0v) is 12.7. The Balaban J connectivity index is 1.77. The summed E-state index contributed by atoms with van der Waals surface area (Å²) in [5.74, 6) is 0. The Labute approximate surface area is 124 Å². The Morgan fingerprint density at radius 3 is 2.60 bits per heavy atom. The summed E-state index contributed by atoms with van der Waals surface area (Å²) in [6.45, 7) is 1.46. The van der Waals surface area contributed by atoms with Crippen molar-refractivity contribution in [2.24, 2.45) is 5.41 Å². The zero-order valence-electron chi connectivity index (χ0n) is 11.1. The maximum absolute atomic E-state index is 12.4. The van der Waals surface area contributed by atoms with Crippen LogP contribution in [0.4, 0.5) is 0 Å². The van der Waals surface area contributed by atoms with Crippen molar-refractivity contribution < 1.29 is 13.2 Å². The average molecular weight is 316 g/mol. The molecule has 1 atom stereocenters. The van der Waals surface area contributed by atoms with Gasteiger partial charge in [0, 0.05) is 24.3 Å². The van der Waals surface area contributed by atoms with Crippen LogP contribution in [-0.2, 0) is 14.8 Å². The van der Waals surface area contributed by atoms with Crippen molar-refractivity contribution in [3.8, 4) is 0 Å². The zero-order chi connectivity index (χ0) is 14.2. The first kappa shape index (κ1) is 14.3. The van der Waals surface area contributed by atoms with Crippen LogP contribution in [0.3, 0.4) is 0 Å². The first-order valence-electron chi connectivity index (χ1n) is 6.88. The topological polar surface area (TPSA) is 55.4 Å². The van der Waals surface area contributed by atoms with Crippen molar-refractivity contribution in [3.63, 3.8) is 0 Å². The molecule has 1 aliphatic heterocycles. The molecule has 1 aromatic rings. The molecule has 20 heavy (non-hydrogen) atoms. The van der Waals surface area contributed by atoms with E-state index >= 15 is 0 Å². The number of sulfonamides is 1. The van der Waals surface area contributed by atoms with E-state index in [2.05, 4.69) is 4.72 Å². The molecule has 4 nitrogen and oxygen atoms in total. The maximum Gasteiger partial charge on any atom is 0.240 e. The summed E-state index contributed by atoms with van der Waals surface area (Å²) in [7, 11) is -3.49. The molecule has 1 saturated carbocycles. The molecule has 1 saturated heterocycles. The summed E-state index contributed by atoms with van der Waals surface area (Å²) in [6, 6.07) is 6.41. The molecular weight excluding hydrogens is 298 g/mol. The molecule has 3 rings (SSSR count). The van der Waals surface area contributed by atoms with Gasteiger partial charge in [0.1, 0.15) is 0 Å². The first-order valence-corrected chi connectivity index (χ1v) is 8.74. The molecule has 1 aromatic carbocycles. The van der Waals surface area contributed by atoms with Gasteiger partial charge in [-0.1, -0.05) is 17.7 Å². The summed E-state index contributed by atoms with van der Waals surface area (Å²) in [5, 5.41) is 0.433. The van der Waals surface area contributed by atoms with Crippen LogP contribution in [-0.4, -0.2) is 27.7 Å². The fourth-order valence-corrected chi connectivity index (χ4v) is 4.82. The van der Waals surface area contributed by atoms with Gasteiger partial charge in [-0.05, 0) is 49.3 Å². The third kappa shape index (κ3) is 2.60. The quantitative estimate of drug-likeness (QED) is 0.932. The average Bonchev–Trinajstić information content (AvgIpc) is 2.45. The molecule has 1 spiro atoms. The van der Waals surface area contributed by atoms with Gasteiger partial charge in [0.25, 0.3) is 0 Å². The predicted molar refractivity (Wildman–Crippen MR) is 77.3 cm³/mol. The molecule has 0 aromatic heterocycles. The lowest BCUT2D eigenvalue weighted by Gasteiger charge is -2.51. The van der Waals surface area contributed by atoms with Crippen molar-refractivity contribution in [1.29, 1.82) is 0 Å². The van der Waals surface area contributed by atoms with Crippen LogP contribution >= 0.6 is 11.6 Å². The number of nitrogens with one attached hydrogen (secondary N) is 1. The fraction of sp³-hybridized carbons (Fsp3) is 0.571. The molecule has 1 heterocycles. The third-order valence-electron chi connectivity index (χ3n) is 4.56. The van der Waals surface area contributed by atoms with Crippen LogP contribution in [0, 0.1) is 5.41 Å². The van der Waals surface area contributed by atoms with Gasteiger partial charge in [0.2, 0.25) is 10.0 Å². The van der Waals surface area contributed by atoms with Gasteiger partial charge in [-0.25, -0.2) is 13.1 Å². The Hall–Kier alpha value is -0.620. The molecule has 1 unspecified atom stereocenters. The van der Waals surface area contributed by atoms with Gasteiger partial charge in [0.15, 0.2) is 0 Å². The molecule has 2 aliphatic rings. The Bertz CT molecular complexity index is 596. The fourth-order valence-electron chi connectivity index (χ4n) is 3.15. The minimum Gasteiger partial charge on any atom is -0.381 e. The lowest BCUT2D eigenvalue weighted by atomic mass is 9.60. The van der Waals surface area contributed by atoms with Crippen LogP contribution in [0.2, 0.25) is 5.02 Å². The highest BCUT2D eigenvalue weighted by molar-refractivity contribution is 7.89. The molecule has 1 N–H and O–H groups in total. The molecular formula is C14H18ClNO3S. The summed E-state index contributed by atoms with van der Waals surface area (Å²) in [6.07, 6.45) is 3.87. The SMILES string of the molecule is O=S(=O)(NC1CCC12CCOCC2)c1cccc(Cl)c1. The summed E-state index contributed by atoms with van der Waals surface area (Å²) < 4.78 is 33.1. The number of hydrogen-bond donors (Lipinski definition) is 1.